The van der Waals surface area contributed by atoms with Crippen molar-refractivity contribution in [3.05, 3.63) is 23.8 Å². The molecule has 4 aliphatic rings. The van der Waals surface area contributed by atoms with Gasteiger partial charge in [0.15, 0.2) is 0 Å². The van der Waals surface area contributed by atoms with Gasteiger partial charge >= 0.3 is 0 Å². The van der Waals surface area contributed by atoms with Crippen LogP contribution >= 0.6 is 0 Å². The van der Waals surface area contributed by atoms with Crippen LogP contribution in [0.15, 0.2) is 23.8 Å². The van der Waals surface area contributed by atoms with Crippen molar-refractivity contribution in [3.8, 4) is 0 Å². The molecule has 3 saturated carbocycles. The third kappa shape index (κ3) is 3.33. The van der Waals surface area contributed by atoms with E-state index in [0.717, 1.165) is 37.2 Å². The number of aliphatic hydroxyl groups excluding tert-OH is 2. The van der Waals surface area contributed by atoms with Gasteiger partial charge in [-0.2, -0.15) is 0 Å². The van der Waals surface area contributed by atoms with E-state index in [9.17, 15) is 10.2 Å². The third-order valence-corrected chi connectivity index (χ3v) is 12.0. The molecule has 2 N–H and O–H groups in total. The standard InChI is InChI=1S/C30H50O2/c1-19(2)24(31)11-9-20(3)21-13-17-30(8)23-10-12-25-27(4,5)26(32)15-16-28(25,6)22(23)14-18-29(21,30)7/h10,20-22,24-26,31-32H,1,9,11-18H2,2-8H3/t20-,21+,22+,24-,25+,26+,28-,29+,30-/m1/s1. The second-order valence-electron chi connectivity index (χ2n) is 13.7. The lowest BCUT2D eigenvalue weighted by atomic mass is 9.41. The van der Waals surface area contributed by atoms with Gasteiger partial charge in [-0.25, -0.2) is 0 Å². The third-order valence-electron chi connectivity index (χ3n) is 12.0. The highest BCUT2D eigenvalue weighted by atomic mass is 16.3. The fourth-order valence-corrected chi connectivity index (χ4v) is 9.52. The van der Waals surface area contributed by atoms with Crippen LogP contribution in [0.2, 0.25) is 0 Å². The zero-order chi connectivity index (χ0) is 23.7. The molecule has 3 fully saturated rings. The lowest BCUT2D eigenvalue weighted by molar-refractivity contribution is -0.131. The van der Waals surface area contributed by atoms with Crippen LogP contribution in [0.3, 0.4) is 0 Å². The van der Waals surface area contributed by atoms with Crippen LogP contribution in [0.4, 0.5) is 0 Å². The molecule has 182 valence electrons. The topological polar surface area (TPSA) is 40.5 Å². The molecule has 0 aromatic heterocycles. The summed E-state index contributed by atoms with van der Waals surface area (Å²) >= 11 is 0. The Hall–Kier alpha value is -0.600. The van der Waals surface area contributed by atoms with Gasteiger partial charge in [-0.15, -0.1) is 0 Å². The molecule has 4 aliphatic carbocycles. The Morgan fingerprint density at radius 2 is 1.75 bits per heavy atom. The second-order valence-corrected chi connectivity index (χ2v) is 13.7. The Kier molecular flexibility index (Phi) is 6.11. The summed E-state index contributed by atoms with van der Waals surface area (Å²) in [5.41, 5.74) is 3.68. The molecule has 0 aromatic rings. The van der Waals surface area contributed by atoms with E-state index in [1.807, 2.05) is 6.92 Å². The first-order chi connectivity index (χ1) is 14.8. The molecule has 0 spiro atoms. The van der Waals surface area contributed by atoms with Crippen LogP contribution in [0.25, 0.3) is 0 Å². The monoisotopic (exact) mass is 442 g/mol. The molecule has 0 amide bonds. The number of rotatable bonds is 5. The van der Waals surface area contributed by atoms with Crippen molar-refractivity contribution >= 4 is 0 Å². The van der Waals surface area contributed by atoms with E-state index in [2.05, 4.69) is 54.2 Å². The minimum atomic E-state index is -0.350. The first kappa shape index (κ1) is 24.5. The van der Waals surface area contributed by atoms with Crippen molar-refractivity contribution in [2.45, 2.75) is 118 Å². The van der Waals surface area contributed by atoms with Crippen molar-refractivity contribution in [1.29, 1.82) is 0 Å². The van der Waals surface area contributed by atoms with E-state index in [0.29, 0.717) is 34.0 Å². The van der Waals surface area contributed by atoms with E-state index < -0.39 is 0 Å². The van der Waals surface area contributed by atoms with Gasteiger partial charge in [-0.3, -0.25) is 0 Å². The molecular formula is C30H50O2. The summed E-state index contributed by atoms with van der Waals surface area (Å²) in [5, 5.41) is 21.1. The fourth-order valence-electron chi connectivity index (χ4n) is 9.52. The molecule has 0 unspecified atom stereocenters. The van der Waals surface area contributed by atoms with Gasteiger partial charge in [0.2, 0.25) is 0 Å². The highest BCUT2D eigenvalue weighted by Gasteiger charge is 2.65. The van der Waals surface area contributed by atoms with E-state index in [1.165, 1.54) is 32.1 Å². The van der Waals surface area contributed by atoms with E-state index in [-0.39, 0.29) is 17.6 Å². The van der Waals surface area contributed by atoms with Crippen molar-refractivity contribution in [1.82, 2.24) is 0 Å². The highest BCUT2D eigenvalue weighted by molar-refractivity contribution is 5.33. The maximum absolute atomic E-state index is 10.8. The number of fused-ring (bicyclic) bond motifs is 5. The molecule has 0 saturated heterocycles. The Bertz CT molecular complexity index is 780. The maximum Gasteiger partial charge on any atom is 0.0744 e. The Morgan fingerprint density at radius 3 is 2.41 bits per heavy atom. The summed E-state index contributed by atoms with van der Waals surface area (Å²) in [6, 6.07) is 0. The summed E-state index contributed by atoms with van der Waals surface area (Å²) in [6.07, 6.45) is 12.7. The zero-order valence-electron chi connectivity index (χ0n) is 22.0. The van der Waals surface area contributed by atoms with E-state index in [4.69, 9.17) is 0 Å². The average Bonchev–Trinajstić information content (AvgIpc) is 3.00. The molecule has 4 rings (SSSR count). The quantitative estimate of drug-likeness (QED) is 0.438. The smallest absolute Gasteiger partial charge is 0.0744 e. The normalized spacial score (nSPS) is 47.0. The second kappa shape index (κ2) is 7.98. The SMILES string of the molecule is C=C(C)[C@H](O)CC[C@@H](C)[C@@H]1CC[C@]2(C)C3=CC[C@H]4C(C)(C)[C@@H](O)CC[C@]4(C)[C@H]3CC[C@@]12C. The van der Waals surface area contributed by atoms with Crippen molar-refractivity contribution < 1.29 is 10.2 Å². The van der Waals surface area contributed by atoms with Gasteiger partial charge in [-0.1, -0.05) is 65.3 Å². The van der Waals surface area contributed by atoms with Gasteiger partial charge < -0.3 is 10.2 Å². The van der Waals surface area contributed by atoms with E-state index >= 15 is 0 Å². The van der Waals surface area contributed by atoms with Crippen LogP contribution in [-0.2, 0) is 0 Å². The summed E-state index contributed by atoms with van der Waals surface area (Å²) in [5.74, 6) is 2.65. The van der Waals surface area contributed by atoms with Crippen LogP contribution < -0.4 is 0 Å². The Morgan fingerprint density at radius 1 is 1.06 bits per heavy atom. The predicted molar refractivity (Wildman–Crippen MR) is 134 cm³/mol. The van der Waals surface area contributed by atoms with Gasteiger partial charge in [-0.05, 0) is 110 Å². The average molecular weight is 443 g/mol. The fraction of sp³-hybridized carbons (Fsp3) is 0.867. The molecular weight excluding hydrogens is 392 g/mol. The van der Waals surface area contributed by atoms with Crippen molar-refractivity contribution in [3.63, 3.8) is 0 Å². The molecule has 0 bridgehead atoms. The molecule has 32 heavy (non-hydrogen) atoms. The van der Waals surface area contributed by atoms with Gasteiger partial charge in [0.05, 0.1) is 12.2 Å². The summed E-state index contributed by atoms with van der Waals surface area (Å²) in [7, 11) is 0. The van der Waals surface area contributed by atoms with Crippen LogP contribution in [0, 0.1) is 45.3 Å². The molecule has 9 atom stereocenters. The summed E-state index contributed by atoms with van der Waals surface area (Å²) < 4.78 is 0. The first-order valence-electron chi connectivity index (χ1n) is 13.5. The minimum Gasteiger partial charge on any atom is -0.393 e. The Balaban J connectivity index is 1.60. The van der Waals surface area contributed by atoms with Gasteiger partial charge in [0.1, 0.15) is 0 Å². The summed E-state index contributed by atoms with van der Waals surface area (Å²) in [4.78, 5) is 0. The number of hydrogen-bond donors (Lipinski definition) is 2. The van der Waals surface area contributed by atoms with Crippen molar-refractivity contribution in [2.24, 2.45) is 45.3 Å². The zero-order valence-corrected chi connectivity index (χ0v) is 22.0. The lowest BCUT2D eigenvalue weighted by Crippen LogP contribution is -2.58. The largest absolute Gasteiger partial charge is 0.393 e. The molecule has 0 aromatic carbocycles. The van der Waals surface area contributed by atoms with Gasteiger partial charge in [0, 0.05) is 0 Å². The highest BCUT2D eigenvalue weighted by Crippen LogP contribution is 2.73. The molecule has 2 nitrogen and oxygen atoms in total. The maximum atomic E-state index is 10.8. The van der Waals surface area contributed by atoms with Gasteiger partial charge in [0.25, 0.3) is 0 Å². The molecule has 0 aliphatic heterocycles. The van der Waals surface area contributed by atoms with Crippen LogP contribution in [-0.4, -0.2) is 22.4 Å². The lowest BCUT2D eigenvalue weighted by Gasteiger charge is -2.64. The Labute approximate surface area is 198 Å². The first-order valence-corrected chi connectivity index (χ1v) is 13.5. The minimum absolute atomic E-state index is 0.00747. The number of allylic oxidation sites excluding steroid dienone is 2. The summed E-state index contributed by atoms with van der Waals surface area (Å²) in [6.45, 7) is 20.8. The predicted octanol–water partition coefficient (Wildman–Crippen LogP) is 7.31. The molecule has 2 heteroatoms. The van der Waals surface area contributed by atoms with Crippen LogP contribution in [0.1, 0.15) is 106 Å². The van der Waals surface area contributed by atoms with E-state index in [1.54, 1.807) is 5.57 Å². The number of aliphatic hydroxyl groups is 2. The number of hydrogen-bond acceptors (Lipinski definition) is 2. The van der Waals surface area contributed by atoms with Crippen LogP contribution in [0.5, 0.6) is 0 Å². The molecule has 0 heterocycles. The van der Waals surface area contributed by atoms with Crippen molar-refractivity contribution in [2.75, 3.05) is 0 Å². The molecule has 0 radical (unpaired) electrons.